The van der Waals surface area contributed by atoms with Gasteiger partial charge < -0.3 is 9.97 Å². The van der Waals surface area contributed by atoms with Crippen molar-refractivity contribution in [1.29, 1.82) is 0 Å². The second-order valence-electron chi connectivity index (χ2n) is 7.56. The van der Waals surface area contributed by atoms with Crippen LogP contribution in [0.2, 0.25) is 0 Å². The van der Waals surface area contributed by atoms with E-state index >= 15 is 0 Å². The number of H-pyrrole nitrogens is 2. The van der Waals surface area contributed by atoms with Gasteiger partial charge in [0.05, 0.1) is 22.8 Å². The topological polar surface area (TPSA) is 57.4 Å². The third-order valence-electron chi connectivity index (χ3n) is 4.98. The van der Waals surface area contributed by atoms with Gasteiger partial charge in [-0.05, 0) is 79.8 Å². The zero-order valence-corrected chi connectivity index (χ0v) is 18.7. The molecule has 1 aromatic carbocycles. The molecule has 4 aromatic rings. The molecule has 0 fully saturated rings. The molecule has 0 spiro atoms. The van der Waals surface area contributed by atoms with Gasteiger partial charge in [0.25, 0.3) is 0 Å². The molecule has 6 rings (SSSR count). The van der Waals surface area contributed by atoms with E-state index < -0.39 is 0 Å². The van der Waals surface area contributed by atoms with Gasteiger partial charge in [0.15, 0.2) is 0 Å². The first-order valence-corrected chi connectivity index (χ1v) is 10.3. The summed E-state index contributed by atoms with van der Waals surface area (Å²) in [5.41, 5.74) is 9.18. The number of aromatic nitrogens is 4. The van der Waals surface area contributed by atoms with Gasteiger partial charge in [0, 0.05) is 39.1 Å². The molecule has 32 heavy (non-hydrogen) atoms. The maximum Gasteiger partial charge on any atom is 0.0658 e. The number of aromatic amines is 2. The number of aryl methyl sites for hydroxylation is 1. The van der Waals surface area contributed by atoms with Crippen molar-refractivity contribution in [1.82, 2.24) is 19.9 Å². The van der Waals surface area contributed by atoms with E-state index in [0.29, 0.717) is 0 Å². The van der Waals surface area contributed by atoms with Crippen molar-refractivity contribution in [3.8, 4) is 0 Å². The number of nitrogens with one attached hydrogen (secondary N) is 2. The standard InChI is InChI=1S/C20H14N4.C7H8.Fe/c1-2-14-10-16-5-6-18(23-16)12-20-8-7-19(24-20)11-17-4-3-15(22-17)9-13(1)21-14;1-7-5-3-2-4-6-7;/h1-12,21,24H;2-6H,1H3;. The van der Waals surface area contributed by atoms with Crippen LogP contribution in [-0.2, 0) is 17.1 Å². The summed E-state index contributed by atoms with van der Waals surface area (Å²) in [5.74, 6) is 0. The van der Waals surface area contributed by atoms with Crippen LogP contribution >= 0.6 is 0 Å². The summed E-state index contributed by atoms with van der Waals surface area (Å²) in [6, 6.07) is 26.6. The minimum Gasteiger partial charge on any atom is -0.355 e. The Morgan fingerprint density at radius 3 is 1.12 bits per heavy atom. The molecule has 0 amide bonds. The van der Waals surface area contributed by atoms with E-state index in [0.717, 1.165) is 44.8 Å². The first-order chi connectivity index (χ1) is 15.2. The van der Waals surface area contributed by atoms with Crippen LogP contribution in [0.25, 0.3) is 46.4 Å². The van der Waals surface area contributed by atoms with Gasteiger partial charge in [-0.1, -0.05) is 35.9 Å². The zero-order chi connectivity index (χ0) is 21.0. The van der Waals surface area contributed by atoms with Crippen molar-refractivity contribution >= 4 is 46.4 Å². The van der Waals surface area contributed by atoms with Crippen molar-refractivity contribution in [2.45, 2.75) is 6.92 Å². The van der Waals surface area contributed by atoms with Crippen LogP contribution in [-0.4, -0.2) is 19.9 Å². The van der Waals surface area contributed by atoms with E-state index in [1.54, 1.807) is 0 Å². The second kappa shape index (κ2) is 9.65. The summed E-state index contributed by atoms with van der Waals surface area (Å²) in [7, 11) is 0. The summed E-state index contributed by atoms with van der Waals surface area (Å²) < 4.78 is 0. The van der Waals surface area contributed by atoms with Crippen LogP contribution in [0, 0.1) is 6.92 Å². The largest absolute Gasteiger partial charge is 0.355 e. The molecule has 5 heterocycles. The molecule has 2 aliphatic rings. The van der Waals surface area contributed by atoms with Gasteiger partial charge in [-0.15, -0.1) is 0 Å². The minimum atomic E-state index is 0. The molecule has 4 nitrogen and oxygen atoms in total. The smallest absolute Gasteiger partial charge is 0.0658 e. The predicted octanol–water partition coefficient (Wildman–Crippen LogP) is 6.65. The fraction of sp³-hybridized carbons (Fsp3) is 0.0370. The van der Waals surface area contributed by atoms with Crippen LogP contribution in [0.5, 0.6) is 0 Å². The molecule has 2 N–H and O–H groups in total. The van der Waals surface area contributed by atoms with Gasteiger partial charge in [-0.3, -0.25) is 0 Å². The van der Waals surface area contributed by atoms with Crippen molar-refractivity contribution < 1.29 is 17.1 Å². The first kappa shape index (κ1) is 21.6. The molecule has 8 bridgehead atoms. The van der Waals surface area contributed by atoms with Crippen LogP contribution in [0.3, 0.4) is 0 Å². The van der Waals surface area contributed by atoms with Gasteiger partial charge >= 0.3 is 0 Å². The third kappa shape index (κ3) is 5.33. The zero-order valence-electron chi connectivity index (χ0n) is 17.6. The molecule has 0 aliphatic carbocycles. The summed E-state index contributed by atoms with van der Waals surface area (Å²) in [4.78, 5) is 16.0. The van der Waals surface area contributed by atoms with E-state index in [2.05, 4.69) is 63.3 Å². The summed E-state index contributed by atoms with van der Waals surface area (Å²) in [6.45, 7) is 2.08. The fourth-order valence-electron chi connectivity index (χ4n) is 3.48. The molecule has 0 atom stereocenters. The molecular weight excluding hydrogens is 436 g/mol. The van der Waals surface area contributed by atoms with Crippen molar-refractivity contribution in [2.24, 2.45) is 0 Å². The van der Waals surface area contributed by atoms with Crippen molar-refractivity contribution in [2.75, 3.05) is 0 Å². The fourth-order valence-corrected chi connectivity index (χ4v) is 3.48. The van der Waals surface area contributed by atoms with Crippen molar-refractivity contribution in [3.05, 3.63) is 107 Å². The average Bonchev–Trinajstić information content (AvgIpc) is 3.55. The van der Waals surface area contributed by atoms with Gasteiger partial charge in [0.2, 0.25) is 0 Å². The molecule has 158 valence electrons. The Bertz CT molecular complexity index is 1270. The molecule has 0 saturated heterocycles. The van der Waals surface area contributed by atoms with Crippen LogP contribution in [0.4, 0.5) is 0 Å². The first-order valence-electron chi connectivity index (χ1n) is 10.3. The molecular formula is C27H22FeN4. The summed E-state index contributed by atoms with van der Waals surface area (Å²) >= 11 is 0. The predicted molar refractivity (Wildman–Crippen MR) is 130 cm³/mol. The van der Waals surface area contributed by atoms with Crippen molar-refractivity contribution in [3.63, 3.8) is 0 Å². The van der Waals surface area contributed by atoms with Gasteiger partial charge in [-0.25, -0.2) is 9.97 Å². The second-order valence-corrected chi connectivity index (χ2v) is 7.56. The number of hydrogen-bond donors (Lipinski definition) is 2. The van der Waals surface area contributed by atoms with E-state index in [9.17, 15) is 0 Å². The van der Waals surface area contributed by atoms with Gasteiger partial charge in [0.1, 0.15) is 0 Å². The number of hydrogen-bond acceptors (Lipinski definition) is 2. The Hall–Kier alpha value is -3.66. The van der Waals surface area contributed by atoms with Crippen LogP contribution in [0.1, 0.15) is 28.3 Å². The van der Waals surface area contributed by atoms with Gasteiger partial charge in [-0.2, -0.15) is 0 Å². The quantitative estimate of drug-likeness (QED) is 0.251. The summed E-state index contributed by atoms with van der Waals surface area (Å²) in [6.07, 6.45) is 8.09. The van der Waals surface area contributed by atoms with E-state index in [1.807, 2.05) is 66.8 Å². The number of nitrogens with zero attached hydrogens (tertiary/aromatic N) is 2. The molecule has 0 unspecified atom stereocenters. The number of fused-ring (bicyclic) bond motifs is 8. The molecule has 0 radical (unpaired) electrons. The summed E-state index contributed by atoms with van der Waals surface area (Å²) in [5, 5.41) is 0. The van der Waals surface area contributed by atoms with E-state index in [4.69, 9.17) is 0 Å². The number of benzene rings is 1. The average molecular weight is 458 g/mol. The Kier molecular flexibility index (Phi) is 6.50. The maximum atomic E-state index is 4.63. The number of rotatable bonds is 0. The molecule has 2 aliphatic heterocycles. The maximum absolute atomic E-state index is 4.63. The minimum absolute atomic E-state index is 0. The molecule has 5 heteroatoms. The van der Waals surface area contributed by atoms with E-state index in [-0.39, 0.29) is 17.1 Å². The Morgan fingerprint density at radius 1 is 0.500 bits per heavy atom. The Morgan fingerprint density at radius 2 is 0.844 bits per heavy atom. The monoisotopic (exact) mass is 458 g/mol. The third-order valence-corrected chi connectivity index (χ3v) is 4.98. The SMILES string of the molecule is C1=Cc2cc3ccc(cc4nc(cc5ccc(cc1n2)[nH]5)C=C4)[nH]3.Cc1ccccc1.[Fe]. The van der Waals surface area contributed by atoms with Crippen LogP contribution < -0.4 is 0 Å². The van der Waals surface area contributed by atoms with Crippen LogP contribution in [0.15, 0.2) is 78.9 Å². The molecule has 3 aromatic heterocycles. The van der Waals surface area contributed by atoms with E-state index in [1.165, 1.54) is 5.56 Å². The Labute approximate surface area is 197 Å². The Balaban J connectivity index is 0.000000265. The molecule has 0 saturated carbocycles. The normalized spacial score (nSPS) is 11.4.